The molecule has 1 amide bonds. The van der Waals surface area contributed by atoms with E-state index in [0.29, 0.717) is 15.7 Å². The van der Waals surface area contributed by atoms with Crippen LogP contribution >= 0.6 is 23.2 Å². The summed E-state index contributed by atoms with van der Waals surface area (Å²) in [6, 6.07) is 4.81. The minimum atomic E-state index is -0.373. The molecule has 0 aliphatic rings. The standard InChI is InChI=1S/C10H8Cl2N4O/c1-16-13-5-9(15-16)10(17)14-8-3-2-6(11)4-7(8)12/h2-5H,1H3,(H,14,17). The lowest BCUT2D eigenvalue weighted by molar-refractivity contribution is 0.102. The third-order valence-corrected chi connectivity index (χ3v) is 2.56. The molecule has 0 aliphatic carbocycles. The van der Waals surface area contributed by atoms with Crippen molar-refractivity contribution in [2.75, 3.05) is 5.32 Å². The van der Waals surface area contributed by atoms with E-state index in [1.54, 1.807) is 25.2 Å². The minimum Gasteiger partial charge on any atom is -0.319 e. The molecule has 0 radical (unpaired) electrons. The molecule has 1 aromatic carbocycles. The second-order valence-corrected chi connectivity index (χ2v) is 4.14. The van der Waals surface area contributed by atoms with Gasteiger partial charge in [-0.2, -0.15) is 9.90 Å². The molecular weight excluding hydrogens is 263 g/mol. The number of amides is 1. The Labute approximate surface area is 107 Å². The molecule has 0 bridgehead atoms. The van der Waals surface area contributed by atoms with Gasteiger partial charge in [-0.1, -0.05) is 23.2 Å². The Kier molecular flexibility index (Phi) is 3.31. The van der Waals surface area contributed by atoms with Gasteiger partial charge in [0.2, 0.25) is 0 Å². The Bertz CT molecular complexity index is 567. The summed E-state index contributed by atoms with van der Waals surface area (Å²) < 4.78 is 0. The normalized spacial score (nSPS) is 10.3. The average Bonchev–Trinajstić information content (AvgIpc) is 2.69. The molecule has 0 aliphatic heterocycles. The third kappa shape index (κ3) is 2.75. The molecule has 2 aromatic rings. The zero-order valence-electron chi connectivity index (χ0n) is 8.82. The Morgan fingerprint density at radius 3 is 2.76 bits per heavy atom. The average molecular weight is 271 g/mol. The fourth-order valence-electron chi connectivity index (χ4n) is 1.23. The summed E-state index contributed by atoms with van der Waals surface area (Å²) in [5.41, 5.74) is 0.699. The number of carbonyl (C=O) groups excluding carboxylic acids is 1. The van der Waals surface area contributed by atoms with E-state index >= 15 is 0 Å². The summed E-state index contributed by atoms with van der Waals surface area (Å²) in [7, 11) is 1.63. The van der Waals surface area contributed by atoms with E-state index in [1.165, 1.54) is 11.0 Å². The van der Waals surface area contributed by atoms with Gasteiger partial charge in [0.1, 0.15) is 0 Å². The zero-order valence-corrected chi connectivity index (χ0v) is 10.3. The maximum absolute atomic E-state index is 11.7. The van der Waals surface area contributed by atoms with Crippen LogP contribution in [0.5, 0.6) is 0 Å². The summed E-state index contributed by atoms with van der Waals surface area (Å²) in [5.74, 6) is -0.373. The van der Waals surface area contributed by atoms with E-state index in [2.05, 4.69) is 15.5 Å². The number of halogens is 2. The monoisotopic (exact) mass is 270 g/mol. The number of nitrogens with one attached hydrogen (secondary N) is 1. The van der Waals surface area contributed by atoms with Crippen LogP contribution in [-0.4, -0.2) is 20.9 Å². The van der Waals surface area contributed by atoms with Gasteiger partial charge in [0, 0.05) is 12.1 Å². The van der Waals surface area contributed by atoms with Crippen LogP contribution in [0.2, 0.25) is 10.0 Å². The predicted octanol–water partition coefficient (Wildman–Crippen LogP) is 2.37. The van der Waals surface area contributed by atoms with Crippen molar-refractivity contribution in [3.8, 4) is 0 Å². The molecule has 17 heavy (non-hydrogen) atoms. The van der Waals surface area contributed by atoms with Gasteiger partial charge in [-0.05, 0) is 18.2 Å². The molecule has 0 atom stereocenters. The molecule has 0 unspecified atom stereocenters. The zero-order chi connectivity index (χ0) is 12.4. The van der Waals surface area contributed by atoms with Crippen LogP contribution in [-0.2, 0) is 7.05 Å². The quantitative estimate of drug-likeness (QED) is 0.912. The van der Waals surface area contributed by atoms with Gasteiger partial charge in [-0.3, -0.25) is 4.79 Å². The van der Waals surface area contributed by atoms with Crippen molar-refractivity contribution in [3.05, 3.63) is 40.1 Å². The Balaban J connectivity index is 2.18. The highest BCUT2D eigenvalue weighted by Crippen LogP contribution is 2.25. The molecule has 0 saturated heterocycles. The number of hydrogen-bond acceptors (Lipinski definition) is 3. The predicted molar refractivity (Wildman–Crippen MR) is 65.4 cm³/mol. The molecule has 1 aromatic heterocycles. The number of carbonyl (C=O) groups is 1. The third-order valence-electron chi connectivity index (χ3n) is 2.01. The van der Waals surface area contributed by atoms with E-state index in [0.717, 1.165) is 0 Å². The van der Waals surface area contributed by atoms with Crippen molar-refractivity contribution >= 4 is 34.8 Å². The van der Waals surface area contributed by atoms with Gasteiger partial charge in [-0.25, -0.2) is 0 Å². The van der Waals surface area contributed by atoms with E-state index in [4.69, 9.17) is 23.2 Å². The van der Waals surface area contributed by atoms with Gasteiger partial charge in [0.25, 0.3) is 5.91 Å². The van der Waals surface area contributed by atoms with Gasteiger partial charge in [0.15, 0.2) is 5.69 Å². The van der Waals surface area contributed by atoms with E-state index in [9.17, 15) is 4.79 Å². The van der Waals surface area contributed by atoms with Crippen LogP contribution in [0.3, 0.4) is 0 Å². The molecule has 7 heteroatoms. The summed E-state index contributed by atoms with van der Waals surface area (Å²) in [5, 5.41) is 11.2. The second kappa shape index (κ2) is 4.73. The van der Waals surface area contributed by atoms with Crippen LogP contribution < -0.4 is 5.32 Å². The van der Waals surface area contributed by atoms with Crippen molar-refractivity contribution < 1.29 is 4.79 Å². The number of anilines is 1. The number of rotatable bonds is 2. The summed E-state index contributed by atoms with van der Waals surface area (Å²) >= 11 is 11.7. The van der Waals surface area contributed by atoms with Crippen molar-refractivity contribution in [3.63, 3.8) is 0 Å². The lowest BCUT2D eigenvalue weighted by Crippen LogP contribution is -2.13. The molecule has 0 fully saturated rings. The van der Waals surface area contributed by atoms with Crippen LogP contribution in [0.1, 0.15) is 10.5 Å². The van der Waals surface area contributed by atoms with Crippen LogP contribution in [0, 0.1) is 0 Å². The van der Waals surface area contributed by atoms with Gasteiger partial charge < -0.3 is 5.32 Å². The smallest absolute Gasteiger partial charge is 0.277 e. The van der Waals surface area contributed by atoms with Crippen molar-refractivity contribution in [2.45, 2.75) is 0 Å². The molecule has 1 N–H and O–H groups in total. The van der Waals surface area contributed by atoms with E-state index < -0.39 is 0 Å². The van der Waals surface area contributed by atoms with E-state index in [-0.39, 0.29) is 11.6 Å². The van der Waals surface area contributed by atoms with Crippen LogP contribution in [0.15, 0.2) is 24.4 Å². The van der Waals surface area contributed by atoms with Crippen LogP contribution in [0.4, 0.5) is 5.69 Å². The fourth-order valence-corrected chi connectivity index (χ4v) is 1.68. The molecule has 88 valence electrons. The maximum atomic E-state index is 11.7. The first-order valence-corrected chi connectivity index (χ1v) is 5.44. The highest BCUT2D eigenvalue weighted by atomic mass is 35.5. The Hall–Kier alpha value is -1.59. The number of aromatic nitrogens is 3. The lowest BCUT2D eigenvalue weighted by Gasteiger charge is -2.05. The largest absolute Gasteiger partial charge is 0.319 e. The number of benzene rings is 1. The number of aryl methyl sites for hydroxylation is 1. The number of nitrogens with zero attached hydrogens (tertiary/aromatic N) is 3. The maximum Gasteiger partial charge on any atom is 0.277 e. The molecule has 1 heterocycles. The Morgan fingerprint density at radius 1 is 1.41 bits per heavy atom. The van der Waals surface area contributed by atoms with Gasteiger partial charge >= 0.3 is 0 Å². The summed E-state index contributed by atoms with van der Waals surface area (Å²) in [6.07, 6.45) is 1.37. The molecule has 0 spiro atoms. The highest BCUT2D eigenvalue weighted by Gasteiger charge is 2.11. The first-order valence-electron chi connectivity index (χ1n) is 4.69. The molecule has 5 nitrogen and oxygen atoms in total. The Morgan fingerprint density at radius 2 is 2.18 bits per heavy atom. The van der Waals surface area contributed by atoms with Gasteiger partial charge in [0.05, 0.1) is 16.9 Å². The first kappa shape index (κ1) is 11.9. The summed E-state index contributed by atoms with van der Waals surface area (Å²) in [4.78, 5) is 13.0. The van der Waals surface area contributed by atoms with E-state index in [1.807, 2.05) is 0 Å². The highest BCUT2D eigenvalue weighted by molar-refractivity contribution is 6.36. The van der Waals surface area contributed by atoms with Crippen molar-refractivity contribution in [1.29, 1.82) is 0 Å². The SMILES string of the molecule is Cn1ncc(C(=O)Nc2ccc(Cl)cc2Cl)n1. The fraction of sp³-hybridized carbons (Fsp3) is 0.100. The number of hydrogen-bond donors (Lipinski definition) is 1. The van der Waals surface area contributed by atoms with Gasteiger partial charge in [-0.15, -0.1) is 5.10 Å². The van der Waals surface area contributed by atoms with Crippen LogP contribution in [0.25, 0.3) is 0 Å². The molecular formula is C10H8Cl2N4O. The minimum absolute atomic E-state index is 0.221. The topological polar surface area (TPSA) is 59.8 Å². The first-order chi connectivity index (χ1) is 8.06. The lowest BCUT2D eigenvalue weighted by atomic mass is 10.3. The molecule has 0 saturated carbocycles. The van der Waals surface area contributed by atoms with Crippen molar-refractivity contribution in [2.24, 2.45) is 7.05 Å². The van der Waals surface area contributed by atoms with Crippen molar-refractivity contribution in [1.82, 2.24) is 15.0 Å². The summed E-state index contributed by atoms with van der Waals surface area (Å²) in [6.45, 7) is 0. The second-order valence-electron chi connectivity index (χ2n) is 3.30. The molecule has 2 rings (SSSR count).